The molecule has 1 aromatic carbocycles. The van der Waals surface area contributed by atoms with Crippen molar-refractivity contribution >= 4 is 17.5 Å². The number of rotatable bonds is 7. The van der Waals surface area contributed by atoms with E-state index in [4.69, 9.17) is 19.0 Å². The van der Waals surface area contributed by atoms with Gasteiger partial charge in [0, 0.05) is 11.8 Å². The number of nitrogens with zero attached hydrogens (tertiary/aromatic N) is 1. The molecule has 0 atom stereocenters. The standard InChI is InChI=1S/C17H16N2O6/c1-11(12-4-5-15-16(7-12)24-10-23-15)19-25-9-17(21)22-8-14(20)13-3-2-6-18-13/h2-7,18H,8-10H2,1H3. The van der Waals surface area contributed by atoms with Crippen molar-refractivity contribution in [2.45, 2.75) is 6.92 Å². The zero-order valence-corrected chi connectivity index (χ0v) is 13.5. The number of aromatic nitrogens is 1. The molecule has 0 radical (unpaired) electrons. The number of fused-ring (bicyclic) bond motifs is 1. The van der Waals surface area contributed by atoms with Crippen LogP contribution in [-0.4, -0.2) is 42.5 Å². The Morgan fingerprint density at radius 3 is 2.84 bits per heavy atom. The second-order valence-corrected chi connectivity index (χ2v) is 5.19. The number of ether oxygens (including phenoxy) is 3. The first-order valence-corrected chi connectivity index (χ1v) is 7.52. The van der Waals surface area contributed by atoms with Gasteiger partial charge in [0.25, 0.3) is 0 Å². The quantitative estimate of drug-likeness (QED) is 0.356. The molecule has 0 fully saturated rings. The number of Topliss-reactive ketones (excluding diaryl/α,β-unsaturated/α-hetero) is 1. The molecule has 0 saturated carbocycles. The summed E-state index contributed by atoms with van der Waals surface area (Å²) in [5.41, 5.74) is 1.72. The van der Waals surface area contributed by atoms with Crippen LogP contribution >= 0.6 is 0 Å². The molecule has 8 heteroatoms. The molecule has 0 bridgehead atoms. The first-order chi connectivity index (χ1) is 12.1. The normalized spacial score (nSPS) is 12.8. The van der Waals surface area contributed by atoms with E-state index in [0.717, 1.165) is 5.56 Å². The lowest BCUT2D eigenvalue weighted by molar-refractivity contribution is -0.147. The van der Waals surface area contributed by atoms with Crippen LogP contribution in [0.4, 0.5) is 0 Å². The fourth-order valence-corrected chi connectivity index (χ4v) is 2.13. The lowest BCUT2D eigenvalue weighted by Crippen LogP contribution is -2.17. The van der Waals surface area contributed by atoms with Crippen LogP contribution in [0.15, 0.2) is 41.7 Å². The highest BCUT2D eigenvalue weighted by Crippen LogP contribution is 2.32. The predicted molar refractivity (Wildman–Crippen MR) is 86.8 cm³/mol. The molecule has 130 valence electrons. The van der Waals surface area contributed by atoms with E-state index in [1.54, 1.807) is 37.4 Å². The summed E-state index contributed by atoms with van der Waals surface area (Å²) in [7, 11) is 0. The minimum absolute atomic E-state index is 0.193. The molecule has 2 aromatic rings. The number of ketones is 1. The second kappa shape index (κ2) is 7.52. The third-order valence-corrected chi connectivity index (χ3v) is 3.44. The van der Waals surface area contributed by atoms with Crippen molar-refractivity contribution in [3.05, 3.63) is 47.8 Å². The van der Waals surface area contributed by atoms with Gasteiger partial charge in [-0.2, -0.15) is 0 Å². The number of aromatic amines is 1. The number of hydrogen-bond donors (Lipinski definition) is 1. The number of nitrogens with one attached hydrogen (secondary N) is 1. The fraction of sp³-hybridized carbons (Fsp3) is 0.235. The highest BCUT2D eigenvalue weighted by molar-refractivity contribution is 5.99. The van der Waals surface area contributed by atoms with E-state index in [1.807, 2.05) is 6.07 Å². The van der Waals surface area contributed by atoms with E-state index in [1.165, 1.54) is 0 Å². The predicted octanol–water partition coefficient (Wildman–Crippen LogP) is 1.91. The van der Waals surface area contributed by atoms with Crippen molar-refractivity contribution in [3.8, 4) is 11.5 Å². The molecule has 25 heavy (non-hydrogen) atoms. The summed E-state index contributed by atoms with van der Waals surface area (Å²) in [6, 6.07) is 8.65. The third kappa shape index (κ3) is 4.17. The van der Waals surface area contributed by atoms with E-state index < -0.39 is 5.97 Å². The van der Waals surface area contributed by atoms with Crippen molar-refractivity contribution in [1.29, 1.82) is 0 Å². The Morgan fingerprint density at radius 2 is 2.04 bits per heavy atom. The largest absolute Gasteiger partial charge is 0.455 e. The van der Waals surface area contributed by atoms with Crippen LogP contribution in [0.25, 0.3) is 0 Å². The number of carbonyl (C=O) groups is 2. The Morgan fingerprint density at radius 1 is 1.20 bits per heavy atom. The maximum absolute atomic E-state index is 11.7. The molecule has 8 nitrogen and oxygen atoms in total. The smallest absolute Gasteiger partial charge is 0.347 e. The lowest BCUT2D eigenvalue weighted by Gasteiger charge is -2.04. The molecular formula is C17H16N2O6. The van der Waals surface area contributed by atoms with Crippen LogP contribution < -0.4 is 9.47 Å². The zero-order valence-electron chi connectivity index (χ0n) is 13.5. The van der Waals surface area contributed by atoms with Gasteiger partial charge in [0.2, 0.25) is 19.2 Å². The molecule has 0 aliphatic carbocycles. The molecule has 1 aromatic heterocycles. The van der Waals surface area contributed by atoms with Gasteiger partial charge in [0.05, 0.1) is 11.4 Å². The molecule has 0 unspecified atom stereocenters. The molecule has 1 aliphatic heterocycles. The highest BCUT2D eigenvalue weighted by atomic mass is 16.7. The topological polar surface area (TPSA) is 99.2 Å². The molecule has 1 N–H and O–H groups in total. The summed E-state index contributed by atoms with van der Waals surface area (Å²) in [6.07, 6.45) is 1.62. The van der Waals surface area contributed by atoms with Gasteiger partial charge in [-0.3, -0.25) is 4.79 Å². The molecule has 1 aliphatic rings. The molecular weight excluding hydrogens is 328 g/mol. The third-order valence-electron chi connectivity index (χ3n) is 3.44. The van der Waals surface area contributed by atoms with Gasteiger partial charge in [-0.25, -0.2) is 4.79 Å². The van der Waals surface area contributed by atoms with Crippen molar-refractivity contribution < 1.29 is 28.6 Å². The first kappa shape index (κ1) is 16.6. The Labute approximate surface area is 143 Å². The van der Waals surface area contributed by atoms with Crippen molar-refractivity contribution in [1.82, 2.24) is 4.98 Å². The SMILES string of the molecule is CC(=NOCC(=O)OCC(=O)c1ccc[nH]1)c1ccc2c(c1)OCO2. The maximum Gasteiger partial charge on any atom is 0.347 e. The Balaban J connectivity index is 1.45. The Kier molecular flexibility index (Phi) is 4.98. The summed E-state index contributed by atoms with van der Waals surface area (Å²) in [5, 5.41) is 3.87. The van der Waals surface area contributed by atoms with E-state index in [0.29, 0.717) is 22.9 Å². The average Bonchev–Trinajstić information content (AvgIpc) is 3.30. The number of esters is 1. The summed E-state index contributed by atoms with van der Waals surface area (Å²) in [4.78, 5) is 31.0. The molecule has 3 rings (SSSR count). The van der Waals surface area contributed by atoms with Gasteiger partial charge >= 0.3 is 5.97 Å². The van der Waals surface area contributed by atoms with E-state index in [2.05, 4.69) is 10.1 Å². The van der Waals surface area contributed by atoms with Crippen molar-refractivity contribution in [2.24, 2.45) is 5.16 Å². The number of hydrogen-bond acceptors (Lipinski definition) is 7. The minimum atomic E-state index is -0.679. The average molecular weight is 344 g/mol. The van der Waals surface area contributed by atoms with Gasteiger partial charge in [-0.15, -0.1) is 0 Å². The Hall–Kier alpha value is -3.29. The fourth-order valence-electron chi connectivity index (χ4n) is 2.13. The van der Waals surface area contributed by atoms with E-state index in [9.17, 15) is 9.59 Å². The number of oxime groups is 1. The summed E-state index contributed by atoms with van der Waals surface area (Å²) in [6.45, 7) is 1.18. The van der Waals surface area contributed by atoms with Gasteiger partial charge in [0.1, 0.15) is 0 Å². The minimum Gasteiger partial charge on any atom is -0.455 e. The maximum atomic E-state index is 11.7. The number of benzene rings is 1. The van der Waals surface area contributed by atoms with E-state index in [-0.39, 0.29) is 25.8 Å². The molecule has 2 heterocycles. The van der Waals surface area contributed by atoms with Crippen LogP contribution in [0.1, 0.15) is 23.0 Å². The van der Waals surface area contributed by atoms with Gasteiger partial charge < -0.3 is 24.0 Å². The van der Waals surface area contributed by atoms with Gasteiger partial charge in [-0.05, 0) is 37.3 Å². The zero-order chi connectivity index (χ0) is 17.6. The van der Waals surface area contributed by atoms with Crippen molar-refractivity contribution in [3.63, 3.8) is 0 Å². The monoisotopic (exact) mass is 344 g/mol. The van der Waals surface area contributed by atoms with Crippen LogP contribution in [0.2, 0.25) is 0 Å². The second-order valence-electron chi connectivity index (χ2n) is 5.19. The van der Waals surface area contributed by atoms with Crippen LogP contribution in [0.3, 0.4) is 0 Å². The van der Waals surface area contributed by atoms with Gasteiger partial charge in [0.15, 0.2) is 18.1 Å². The highest BCUT2D eigenvalue weighted by Gasteiger charge is 2.14. The first-order valence-electron chi connectivity index (χ1n) is 7.52. The van der Waals surface area contributed by atoms with Crippen molar-refractivity contribution in [2.75, 3.05) is 20.0 Å². The van der Waals surface area contributed by atoms with Crippen LogP contribution in [0, 0.1) is 0 Å². The number of carbonyl (C=O) groups excluding carboxylic acids is 2. The van der Waals surface area contributed by atoms with Crippen LogP contribution in [0.5, 0.6) is 11.5 Å². The van der Waals surface area contributed by atoms with Gasteiger partial charge in [-0.1, -0.05) is 5.16 Å². The summed E-state index contributed by atoms with van der Waals surface area (Å²) in [5.74, 6) is 0.308. The summed E-state index contributed by atoms with van der Waals surface area (Å²) >= 11 is 0. The Bertz CT molecular complexity index is 797. The number of H-pyrrole nitrogens is 1. The van der Waals surface area contributed by atoms with E-state index >= 15 is 0 Å². The van der Waals surface area contributed by atoms with Crippen LogP contribution in [-0.2, 0) is 14.4 Å². The molecule has 0 spiro atoms. The lowest BCUT2D eigenvalue weighted by atomic mass is 10.1. The summed E-state index contributed by atoms with van der Waals surface area (Å²) < 4.78 is 15.4. The molecule has 0 amide bonds. The molecule has 0 saturated heterocycles.